The largest absolute Gasteiger partial charge is 0.367 e. The fraction of sp³-hybridized carbons (Fsp3) is 0.353. The molecule has 1 saturated heterocycles. The second kappa shape index (κ2) is 5.98. The van der Waals surface area contributed by atoms with Crippen LogP contribution in [0.5, 0.6) is 0 Å². The number of aromatic nitrogens is 2. The minimum atomic E-state index is 0.363. The van der Waals surface area contributed by atoms with Crippen molar-refractivity contribution in [2.45, 2.75) is 19.4 Å². The van der Waals surface area contributed by atoms with Crippen LogP contribution in [0.4, 0.5) is 5.69 Å². The van der Waals surface area contributed by atoms with Crippen molar-refractivity contribution in [3.05, 3.63) is 42.5 Å². The molecule has 7 heteroatoms. The number of nitriles is 1. The molecule has 0 radical (unpaired) electrons. The van der Waals surface area contributed by atoms with E-state index in [2.05, 4.69) is 43.8 Å². The zero-order valence-electron chi connectivity index (χ0n) is 13.5. The quantitative estimate of drug-likeness (QED) is 0.868. The maximum absolute atomic E-state index is 9.30. The summed E-state index contributed by atoms with van der Waals surface area (Å²) >= 11 is 0. The summed E-state index contributed by atoms with van der Waals surface area (Å²) in [7, 11) is 0. The van der Waals surface area contributed by atoms with Gasteiger partial charge in [0.2, 0.25) is 0 Å². The van der Waals surface area contributed by atoms with Crippen molar-refractivity contribution in [1.82, 2.24) is 25.9 Å². The third kappa shape index (κ3) is 2.51. The molecule has 0 amide bonds. The normalized spacial score (nSPS) is 23.3. The van der Waals surface area contributed by atoms with E-state index in [4.69, 9.17) is 0 Å². The van der Waals surface area contributed by atoms with Crippen LogP contribution in [0.25, 0.3) is 11.0 Å². The van der Waals surface area contributed by atoms with E-state index < -0.39 is 0 Å². The van der Waals surface area contributed by atoms with Crippen molar-refractivity contribution in [3.8, 4) is 6.07 Å². The molecular weight excluding hydrogens is 302 g/mol. The Bertz CT molecular complexity index is 825. The van der Waals surface area contributed by atoms with Crippen LogP contribution in [-0.4, -0.2) is 34.1 Å². The lowest BCUT2D eigenvalue weighted by Gasteiger charge is -2.41. The van der Waals surface area contributed by atoms with Gasteiger partial charge in [-0.2, -0.15) is 5.26 Å². The van der Waals surface area contributed by atoms with Gasteiger partial charge >= 0.3 is 0 Å². The summed E-state index contributed by atoms with van der Waals surface area (Å²) in [4.78, 5) is 11.2. The third-order valence-electron chi connectivity index (χ3n) is 4.61. The third-order valence-corrected chi connectivity index (χ3v) is 4.61. The van der Waals surface area contributed by atoms with Gasteiger partial charge in [-0.25, -0.2) is 0 Å². The highest BCUT2D eigenvalue weighted by atomic mass is 15.7. The highest BCUT2D eigenvalue weighted by Crippen LogP contribution is 2.31. The van der Waals surface area contributed by atoms with E-state index in [1.165, 1.54) is 0 Å². The van der Waals surface area contributed by atoms with E-state index >= 15 is 0 Å². The Kier molecular flexibility index (Phi) is 3.67. The van der Waals surface area contributed by atoms with Crippen LogP contribution in [0.1, 0.15) is 18.9 Å². The Hall–Kier alpha value is -2.85. The first kappa shape index (κ1) is 14.7. The second-order valence-corrected chi connectivity index (χ2v) is 6.38. The molecule has 1 aromatic carbocycles. The molecule has 0 saturated carbocycles. The smallest absolute Gasteiger partial charge is 0.113 e. The van der Waals surface area contributed by atoms with Gasteiger partial charge in [0.05, 0.1) is 17.3 Å². The molecule has 0 unspecified atom stereocenters. The Morgan fingerprint density at radius 1 is 1.21 bits per heavy atom. The molecule has 0 spiro atoms. The van der Waals surface area contributed by atoms with E-state index in [1.54, 1.807) is 12.4 Å². The summed E-state index contributed by atoms with van der Waals surface area (Å²) in [6, 6.07) is 6.41. The molecule has 2 aromatic rings. The van der Waals surface area contributed by atoms with Gasteiger partial charge in [0.25, 0.3) is 0 Å². The average molecular weight is 321 g/mol. The Morgan fingerprint density at radius 3 is 2.79 bits per heavy atom. The average Bonchev–Trinajstić information content (AvgIpc) is 3.15. The van der Waals surface area contributed by atoms with Crippen molar-refractivity contribution in [3.63, 3.8) is 0 Å². The van der Waals surface area contributed by atoms with E-state index in [-0.39, 0.29) is 0 Å². The lowest BCUT2D eigenvalue weighted by molar-refractivity contribution is 0.158. The molecule has 122 valence electrons. The first-order chi connectivity index (χ1) is 11.8. The first-order valence-electron chi connectivity index (χ1n) is 8.11. The van der Waals surface area contributed by atoms with E-state index in [0.29, 0.717) is 23.0 Å². The van der Waals surface area contributed by atoms with Crippen molar-refractivity contribution >= 4 is 16.7 Å². The Labute approximate surface area is 140 Å². The van der Waals surface area contributed by atoms with Gasteiger partial charge < -0.3 is 10.3 Å². The SMILES string of the molecule is C[C@H]1C[C@@H](N2C=CNN2)CN(c2ccc(C#N)c3nccnc23)C1. The summed E-state index contributed by atoms with van der Waals surface area (Å²) in [5.74, 6) is 0.557. The van der Waals surface area contributed by atoms with E-state index in [0.717, 1.165) is 30.7 Å². The number of rotatable bonds is 2. The van der Waals surface area contributed by atoms with E-state index in [9.17, 15) is 5.26 Å². The molecule has 0 bridgehead atoms. The Morgan fingerprint density at radius 2 is 2.04 bits per heavy atom. The number of hydrogen-bond acceptors (Lipinski definition) is 7. The monoisotopic (exact) mass is 321 g/mol. The lowest BCUT2D eigenvalue weighted by Crippen LogP contribution is -2.53. The van der Waals surface area contributed by atoms with Crippen LogP contribution in [-0.2, 0) is 0 Å². The molecular formula is C17H19N7. The van der Waals surface area contributed by atoms with Gasteiger partial charge in [-0.05, 0) is 24.5 Å². The van der Waals surface area contributed by atoms with Crippen molar-refractivity contribution in [2.24, 2.45) is 5.92 Å². The van der Waals surface area contributed by atoms with Crippen LogP contribution in [0.3, 0.4) is 0 Å². The topological polar surface area (TPSA) is 80.1 Å². The summed E-state index contributed by atoms with van der Waals surface area (Å²) in [5.41, 5.74) is 9.24. The van der Waals surface area contributed by atoms with Crippen LogP contribution < -0.4 is 15.9 Å². The molecule has 0 aliphatic carbocycles. The minimum Gasteiger partial charge on any atom is -0.367 e. The standard InChI is InChI=1S/C17H19N7/c1-12-8-14(24-7-6-21-22-24)11-23(10-12)15-3-2-13(9-18)16-17(15)20-5-4-19-16/h2-7,12,14,21-22H,8,10-11H2,1H3/t12-,14+/m0/s1. The summed E-state index contributed by atoms with van der Waals surface area (Å²) < 4.78 is 0. The lowest BCUT2D eigenvalue weighted by atomic mass is 9.94. The molecule has 2 aliphatic heterocycles. The van der Waals surface area contributed by atoms with E-state index in [1.807, 2.05) is 24.5 Å². The number of hydrazine groups is 2. The highest BCUT2D eigenvalue weighted by Gasteiger charge is 2.30. The Balaban J connectivity index is 1.71. The number of fused-ring (bicyclic) bond motifs is 1. The summed E-state index contributed by atoms with van der Waals surface area (Å²) in [5, 5.41) is 11.4. The van der Waals surface area contributed by atoms with Crippen molar-refractivity contribution < 1.29 is 0 Å². The second-order valence-electron chi connectivity index (χ2n) is 6.38. The van der Waals surface area contributed by atoms with Crippen LogP contribution >= 0.6 is 0 Å². The van der Waals surface area contributed by atoms with Crippen LogP contribution in [0.15, 0.2) is 36.9 Å². The zero-order valence-corrected chi connectivity index (χ0v) is 13.5. The maximum atomic E-state index is 9.30. The van der Waals surface area contributed by atoms with Crippen LogP contribution in [0, 0.1) is 17.2 Å². The van der Waals surface area contributed by atoms with Gasteiger partial charge in [-0.15, -0.1) is 5.53 Å². The molecule has 1 fully saturated rings. The maximum Gasteiger partial charge on any atom is 0.113 e. The first-order valence-corrected chi connectivity index (χ1v) is 8.11. The van der Waals surface area contributed by atoms with Crippen LogP contribution in [0.2, 0.25) is 0 Å². The van der Waals surface area contributed by atoms with Crippen molar-refractivity contribution in [1.29, 1.82) is 5.26 Å². The molecule has 2 aliphatic rings. The van der Waals surface area contributed by atoms with Gasteiger partial charge in [-0.3, -0.25) is 15.0 Å². The van der Waals surface area contributed by atoms with Gasteiger partial charge in [0.1, 0.15) is 17.1 Å². The number of anilines is 1. The highest BCUT2D eigenvalue weighted by molar-refractivity contribution is 5.92. The number of benzene rings is 1. The molecule has 2 N–H and O–H groups in total. The van der Waals surface area contributed by atoms with Gasteiger partial charge in [0, 0.05) is 37.9 Å². The molecule has 1 aromatic heterocycles. The summed E-state index contributed by atoms with van der Waals surface area (Å²) in [6.07, 6.45) is 8.37. The predicted molar refractivity (Wildman–Crippen MR) is 91.3 cm³/mol. The van der Waals surface area contributed by atoms with Gasteiger partial charge in [-0.1, -0.05) is 6.92 Å². The molecule has 4 rings (SSSR count). The molecule has 7 nitrogen and oxygen atoms in total. The molecule has 2 atom stereocenters. The number of piperidine rings is 1. The minimum absolute atomic E-state index is 0.363. The predicted octanol–water partition coefficient (Wildman–Crippen LogP) is 1.51. The number of nitrogens with one attached hydrogen (secondary N) is 2. The fourth-order valence-corrected chi connectivity index (χ4v) is 3.58. The molecule has 24 heavy (non-hydrogen) atoms. The number of hydrogen-bond donors (Lipinski definition) is 2. The van der Waals surface area contributed by atoms with Gasteiger partial charge in [0.15, 0.2) is 0 Å². The fourth-order valence-electron chi connectivity index (χ4n) is 3.58. The number of nitrogens with zero attached hydrogens (tertiary/aromatic N) is 5. The summed E-state index contributed by atoms with van der Waals surface area (Å²) in [6.45, 7) is 4.13. The van der Waals surface area contributed by atoms with Crippen molar-refractivity contribution in [2.75, 3.05) is 18.0 Å². The molecule has 3 heterocycles. The zero-order chi connectivity index (χ0) is 16.5.